The summed E-state index contributed by atoms with van der Waals surface area (Å²) in [5.74, 6) is 1.02. The predicted molar refractivity (Wildman–Crippen MR) is 142 cm³/mol. The molecule has 5 heterocycles. The van der Waals surface area contributed by atoms with Crippen LogP contribution in [0.4, 0.5) is 5.69 Å². The number of benzene rings is 1. The fourth-order valence-corrected chi connectivity index (χ4v) is 4.89. The maximum atomic E-state index is 12.4. The van der Waals surface area contributed by atoms with E-state index in [0.29, 0.717) is 5.69 Å². The monoisotopic (exact) mass is 488 g/mol. The van der Waals surface area contributed by atoms with Crippen molar-refractivity contribution in [2.24, 2.45) is 5.92 Å². The van der Waals surface area contributed by atoms with Crippen molar-refractivity contribution >= 4 is 33.4 Å². The Labute approximate surface area is 212 Å². The number of aryl methyl sites for hydroxylation is 1. The van der Waals surface area contributed by atoms with Crippen LogP contribution in [0.15, 0.2) is 67.5 Å². The van der Waals surface area contributed by atoms with Gasteiger partial charge in [0, 0.05) is 40.8 Å². The number of aromatic nitrogens is 7. The Kier molecular flexibility index (Phi) is 4.88. The standard InChI is InChI=1S/C28H24N8O/c1-16-14-36(15-31-16)27-22-11-25(33-23(22)7-8-30-27)26-21-10-18(5-6-24(21)34-35-26)19-9-20(13-29-12-19)32-28(37)17-3-2-4-17/h5-15,17,33H,2-4H2,1H3,(H,32,37)(H,34,35). The number of anilines is 1. The summed E-state index contributed by atoms with van der Waals surface area (Å²) in [7, 11) is 0. The molecule has 0 bridgehead atoms. The van der Waals surface area contributed by atoms with Crippen LogP contribution < -0.4 is 5.32 Å². The summed E-state index contributed by atoms with van der Waals surface area (Å²) in [5, 5.41) is 12.8. The van der Waals surface area contributed by atoms with Gasteiger partial charge < -0.3 is 10.3 Å². The van der Waals surface area contributed by atoms with Gasteiger partial charge in [-0.3, -0.25) is 19.4 Å². The lowest BCUT2D eigenvalue weighted by molar-refractivity contribution is -0.122. The van der Waals surface area contributed by atoms with Crippen molar-refractivity contribution in [3.05, 3.63) is 73.2 Å². The molecule has 1 aromatic carbocycles. The van der Waals surface area contributed by atoms with E-state index in [1.54, 1.807) is 18.7 Å². The minimum absolute atomic E-state index is 0.0799. The van der Waals surface area contributed by atoms with Gasteiger partial charge in [0.05, 0.1) is 34.3 Å². The third kappa shape index (κ3) is 3.76. The van der Waals surface area contributed by atoms with E-state index in [1.165, 1.54) is 0 Å². The van der Waals surface area contributed by atoms with Gasteiger partial charge in [-0.1, -0.05) is 12.5 Å². The summed E-state index contributed by atoms with van der Waals surface area (Å²) in [6.07, 6.45) is 12.1. The summed E-state index contributed by atoms with van der Waals surface area (Å²) in [6, 6.07) is 12.2. The van der Waals surface area contributed by atoms with Crippen LogP contribution in [-0.4, -0.2) is 40.6 Å². The molecule has 9 heteroatoms. The first-order chi connectivity index (χ1) is 18.1. The Morgan fingerprint density at radius 1 is 1.03 bits per heavy atom. The number of fused-ring (bicyclic) bond motifs is 2. The van der Waals surface area contributed by atoms with Gasteiger partial charge in [-0.2, -0.15) is 5.10 Å². The van der Waals surface area contributed by atoms with Crippen LogP contribution in [0.1, 0.15) is 25.0 Å². The number of hydrogen-bond donors (Lipinski definition) is 3. The summed E-state index contributed by atoms with van der Waals surface area (Å²) < 4.78 is 1.93. The lowest BCUT2D eigenvalue weighted by Crippen LogP contribution is -2.28. The molecule has 1 aliphatic carbocycles. The Balaban J connectivity index is 1.26. The van der Waals surface area contributed by atoms with Gasteiger partial charge in [-0.25, -0.2) is 9.97 Å². The maximum absolute atomic E-state index is 12.4. The van der Waals surface area contributed by atoms with Gasteiger partial charge in [0.25, 0.3) is 0 Å². The van der Waals surface area contributed by atoms with Crippen LogP contribution in [0.3, 0.4) is 0 Å². The molecule has 1 amide bonds. The van der Waals surface area contributed by atoms with Crippen LogP contribution in [0.25, 0.3) is 50.1 Å². The van der Waals surface area contributed by atoms with Gasteiger partial charge in [-0.15, -0.1) is 0 Å². The molecule has 6 aromatic rings. The molecule has 0 aliphatic heterocycles. The molecule has 1 aliphatic rings. The number of rotatable bonds is 5. The molecule has 0 spiro atoms. The van der Waals surface area contributed by atoms with Crippen molar-refractivity contribution in [3.8, 4) is 28.3 Å². The van der Waals surface area contributed by atoms with Gasteiger partial charge in [0.15, 0.2) is 0 Å². The lowest BCUT2D eigenvalue weighted by atomic mass is 9.85. The number of nitrogens with one attached hydrogen (secondary N) is 3. The molecule has 0 saturated heterocycles. The van der Waals surface area contributed by atoms with E-state index < -0.39 is 0 Å². The highest BCUT2D eigenvalue weighted by atomic mass is 16.1. The van der Waals surface area contributed by atoms with Crippen molar-refractivity contribution in [2.75, 3.05) is 5.32 Å². The molecule has 0 radical (unpaired) electrons. The second-order valence-electron chi connectivity index (χ2n) is 9.61. The van der Waals surface area contributed by atoms with Gasteiger partial charge in [-0.05, 0) is 55.7 Å². The van der Waals surface area contributed by atoms with Crippen molar-refractivity contribution in [1.82, 2.24) is 34.7 Å². The highest BCUT2D eigenvalue weighted by molar-refractivity contribution is 5.99. The van der Waals surface area contributed by atoms with Crippen LogP contribution >= 0.6 is 0 Å². The molecule has 37 heavy (non-hydrogen) atoms. The van der Waals surface area contributed by atoms with E-state index in [-0.39, 0.29) is 11.8 Å². The molecule has 9 nitrogen and oxygen atoms in total. The number of imidazole rings is 1. The number of H-pyrrole nitrogens is 2. The van der Waals surface area contributed by atoms with Gasteiger partial charge >= 0.3 is 0 Å². The number of hydrogen-bond acceptors (Lipinski definition) is 5. The Morgan fingerprint density at radius 3 is 2.76 bits per heavy atom. The zero-order valence-corrected chi connectivity index (χ0v) is 20.2. The highest BCUT2D eigenvalue weighted by Crippen LogP contribution is 2.34. The number of pyridine rings is 2. The topological polar surface area (TPSA) is 117 Å². The second-order valence-corrected chi connectivity index (χ2v) is 9.61. The molecule has 0 unspecified atom stereocenters. The quantitative estimate of drug-likeness (QED) is 0.300. The first kappa shape index (κ1) is 21.5. The molecule has 3 N–H and O–H groups in total. The summed E-state index contributed by atoms with van der Waals surface area (Å²) in [4.78, 5) is 29.2. The Hall–Kier alpha value is -4.79. The van der Waals surface area contributed by atoms with Crippen LogP contribution in [-0.2, 0) is 4.79 Å². The largest absolute Gasteiger partial charge is 0.353 e. The number of carbonyl (C=O) groups is 1. The SMILES string of the molecule is Cc1cn(-c2nccc3[nH]c(-c4n[nH]c5ccc(-c6cncc(NC(=O)C7CCC7)c6)cc45)cc23)cn1. The van der Waals surface area contributed by atoms with E-state index in [9.17, 15) is 4.79 Å². The van der Waals surface area contributed by atoms with Crippen molar-refractivity contribution in [3.63, 3.8) is 0 Å². The average Bonchev–Trinajstić information content (AvgIpc) is 3.60. The number of carbonyl (C=O) groups excluding carboxylic acids is 1. The van der Waals surface area contributed by atoms with E-state index in [0.717, 1.165) is 75.1 Å². The molecule has 7 rings (SSSR count). The molecule has 5 aromatic heterocycles. The molecule has 0 atom stereocenters. The van der Waals surface area contributed by atoms with E-state index in [1.807, 2.05) is 48.1 Å². The van der Waals surface area contributed by atoms with E-state index >= 15 is 0 Å². The van der Waals surface area contributed by atoms with Crippen molar-refractivity contribution < 1.29 is 4.79 Å². The van der Waals surface area contributed by atoms with Crippen molar-refractivity contribution in [1.29, 1.82) is 0 Å². The number of nitrogens with zero attached hydrogens (tertiary/aromatic N) is 5. The zero-order chi connectivity index (χ0) is 24.9. The van der Waals surface area contributed by atoms with Crippen LogP contribution in [0, 0.1) is 12.8 Å². The number of amides is 1. The fourth-order valence-electron chi connectivity index (χ4n) is 4.89. The van der Waals surface area contributed by atoms with E-state index in [2.05, 4.69) is 47.6 Å². The first-order valence-corrected chi connectivity index (χ1v) is 12.4. The van der Waals surface area contributed by atoms with Crippen LogP contribution in [0.2, 0.25) is 0 Å². The maximum Gasteiger partial charge on any atom is 0.227 e. The van der Waals surface area contributed by atoms with Crippen molar-refractivity contribution in [2.45, 2.75) is 26.2 Å². The molecule has 1 fully saturated rings. The fraction of sp³-hybridized carbons (Fsp3) is 0.179. The van der Waals surface area contributed by atoms with Gasteiger partial charge in [0.2, 0.25) is 5.91 Å². The summed E-state index contributed by atoms with van der Waals surface area (Å²) in [5.41, 5.74) is 7.19. The third-order valence-corrected chi connectivity index (χ3v) is 7.12. The molecular formula is C28H24N8O. The Bertz CT molecular complexity index is 1790. The molecular weight excluding hydrogens is 464 g/mol. The Morgan fingerprint density at radius 2 is 1.95 bits per heavy atom. The third-order valence-electron chi connectivity index (χ3n) is 7.12. The average molecular weight is 489 g/mol. The number of aromatic amines is 2. The van der Waals surface area contributed by atoms with E-state index in [4.69, 9.17) is 0 Å². The molecule has 182 valence electrons. The summed E-state index contributed by atoms with van der Waals surface area (Å²) in [6.45, 7) is 1.96. The second kappa shape index (κ2) is 8.41. The predicted octanol–water partition coefficient (Wildman–Crippen LogP) is 5.40. The zero-order valence-electron chi connectivity index (χ0n) is 20.2. The first-order valence-electron chi connectivity index (χ1n) is 12.4. The lowest BCUT2D eigenvalue weighted by Gasteiger charge is -2.24. The minimum atomic E-state index is 0.0799. The smallest absolute Gasteiger partial charge is 0.227 e. The highest BCUT2D eigenvalue weighted by Gasteiger charge is 2.25. The van der Waals surface area contributed by atoms with Gasteiger partial charge in [0.1, 0.15) is 17.8 Å². The summed E-state index contributed by atoms with van der Waals surface area (Å²) >= 11 is 0. The normalized spacial score (nSPS) is 13.8. The molecule has 1 saturated carbocycles. The van der Waals surface area contributed by atoms with Crippen LogP contribution in [0.5, 0.6) is 0 Å². The minimum Gasteiger partial charge on any atom is -0.353 e.